The average Bonchev–Trinajstić information content (AvgIpc) is 2.13. The molecule has 2 N–H and O–H groups in total. The molecule has 13 heavy (non-hydrogen) atoms. The Morgan fingerprint density at radius 1 is 1.15 bits per heavy atom. The summed E-state index contributed by atoms with van der Waals surface area (Å²) in [5.41, 5.74) is 3.93. The van der Waals surface area contributed by atoms with Crippen LogP contribution in [-0.4, -0.2) is 20.1 Å². The average molecular weight is 178 g/mol. The van der Waals surface area contributed by atoms with Crippen molar-refractivity contribution in [1.29, 1.82) is 0 Å². The minimum Gasteiger partial charge on any atom is -0.384 e. The number of rotatable bonds is 4. The highest BCUT2D eigenvalue weighted by atomic mass is 14.9. The summed E-state index contributed by atoms with van der Waals surface area (Å²) in [6, 6.07) is 6.35. The summed E-state index contributed by atoms with van der Waals surface area (Å²) in [5, 5.41) is 6.50. The summed E-state index contributed by atoms with van der Waals surface area (Å²) >= 11 is 0. The Labute approximate surface area is 80.4 Å². The van der Waals surface area contributed by atoms with Crippen LogP contribution in [0.1, 0.15) is 11.1 Å². The van der Waals surface area contributed by atoms with Crippen LogP contribution in [-0.2, 0) is 0 Å². The molecular formula is C11H18N2. The molecule has 0 saturated carbocycles. The van der Waals surface area contributed by atoms with Gasteiger partial charge >= 0.3 is 0 Å². The fourth-order valence-corrected chi connectivity index (χ4v) is 1.26. The van der Waals surface area contributed by atoms with Crippen molar-refractivity contribution >= 4 is 5.69 Å². The van der Waals surface area contributed by atoms with Crippen LogP contribution < -0.4 is 10.6 Å². The highest BCUT2D eigenvalue weighted by molar-refractivity contribution is 5.53. The molecule has 0 amide bonds. The highest BCUT2D eigenvalue weighted by Crippen LogP contribution is 2.17. The van der Waals surface area contributed by atoms with Crippen LogP contribution in [0.4, 0.5) is 5.69 Å². The molecule has 0 aliphatic carbocycles. The maximum atomic E-state index is 3.39. The van der Waals surface area contributed by atoms with Gasteiger partial charge in [0, 0.05) is 18.8 Å². The number of nitrogens with one attached hydrogen (secondary N) is 2. The summed E-state index contributed by atoms with van der Waals surface area (Å²) in [5.74, 6) is 0. The number of likely N-dealkylation sites (N-methyl/N-ethyl adjacent to an activating group) is 1. The molecule has 0 unspecified atom stereocenters. The monoisotopic (exact) mass is 178 g/mol. The first-order chi connectivity index (χ1) is 6.25. The van der Waals surface area contributed by atoms with Crippen molar-refractivity contribution in [3.05, 3.63) is 29.3 Å². The van der Waals surface area contributed by atoms with E-state index >= 15 is 0 Å². The van der Waals surface area contributed by atoms with Crippen molar-refractivity contribution in [3.8, 4) is 0 Å². The third-order valence-electron chi connectivity index (χ3n) is 2.30. The van der Waals surface area contributed by atoms with Crippen LogP contribution in [0.15, 0.2) is 18.2 Å². The second-order valence-electron chi connectivity index (χ2n) is 3.28. The Bertz CT molecular complexity index is 269. The van der Waals surface area contributed by atoms with E-state index in [0.717, 1.165) is 13.1 Å². The fraction of sp³-hybridized carbons (Fsp3) is 0.455. The van der Waals surface area contributed by atoms with Gasteiger partial charge in [-0.05, 0) is 38.1 Å². The molecule has 0 aliphatic rings. The summed E-state index contributed by atoms with van der Waals surface area (Å²) in [6.45, 7) is 6.25. The van der Waals surface area contributed by atoms with Gasteiger partial charge in [-0.3, -0.25) is 0 Å². The Balaban J connectivity index is 2.61. The van der Waals surface area contributed by atoms with E-state index in [9.17, 15) is 0 Å². The Kier molecular flexibility index (Phi) is 3.77. The lowest BCUT2D eigenvalue weighted by Crippen LogP contribution is -2.18. The molecule has 0 aliphatic heterocycles. The van der Waals surface area contributed by atoms with Gasteiger partial charge in [0.15, 0.2) is 0 Å². The SMILES string of the molecule is CNCCNc1cccc(C)c1C. The van der Waals surface area contributed by atoms with Gasteiger partial charge in [-0.25, -0.2) is 0 Å². The van der Waals surface area contributed by atoms with Crippen molar-refractivity contribution in [2.45, 2.75) is 13.8 Å². The van der Waals surface area contributed by atoms with E-state index in [1.807, 2.05) is 7.05 Å². The molecule has 72 valence electrons. The van der Waals surface area contributed by atoms with Gasteiger partial charge in [-0.2, -0.15) is 0 Å². The fourth-order valence-electron chi connectivity index (χ4n) is 1.26. The van der Waals surface area contributed by atoms with E-state index in [0.29, 0.717) is 0 Å². The van der Waals surface area contributed by atoms with E-state index in [-0.39, 0.29) is 0 Å². The molecule has 0 aromatic heterocycles. The predicted octanol–water partition coefficient (Wildman–Crippen LogP) is 1.93. The van der Waals surface area contributed by atoms with Crippen molar-refractivity contribution in [3.63, 3.8) is 0 Å². The van der Waals surface area contributed by atoms with E-state index in [1.54, 1.807) is 0 Å². The molecule has 1 aromatic carbocycles. The van der Waals surface area contributed by atoms with Gasteiger partial charge in [0.2, 0.25) is 0 Å². The lowest BCUT2D eigenvalue weighted by Gasteiger charge is -2.10. The van der Waals surface area contributed by atoms with Gasteiger partial charge in [0.1, 0.15) is 0 Å². The van der Waals surface area contributed by atoms with Crippen molar-refractivity contribution in [1.82, 2.24) is 5.32 Å². The minimum absolute atomic E-state index is 0.973. The first-order valence-electron chi connectivity index (χ1n) is 4.70. The van der Waals surface area contributed by atoms with E-state index in [2.05, 4.69) is 42.7 Å². The highest BCUT2D eigenvalue weighted by Gasteiger charge is 1.98. The molecular weight excluding hydrogens is 160 g/mol. The van der Waals surface area contributed by atoms with Crippen LogP contribution in [0.3, 0.4) is 0 Å². The van der Waals surface area contributed by atoms with Crippen LogP contribution in [0.2, 0.25) is 0 Å². The van der Waals surface area contributed by atoms with Gasteiger partial charge < -0.3 is 10.6 Å². The Hall–Kier alpha value is -1.02. The molecule has 2 nitrogen and oxygen atoms in total. The van der Waals surface area contributed by atoms with E-state index < -0.39 is 0 Å². The summed E-state index contributed by atoms with van der Waals surface area (Å²) in [4.78, 5) is 0. The smallest absolute Gasteiger partial charge is 0.0372 e. The molecule has 0 bridgehead atoms. The largest absolute Gasteiger partial charge is 0.384 e. The second-order valence-corrected chi connectivity index (χ2v) is 3.28. The lowest BCUT2D eigenvalue weighted by atomic mass is 10.1. The summed E-state index contributed by atoms with van der Waals surface area (Å²) in [7, 11) is 1.96. The number of anilines is 1. The number of hydrogen-bond donors (Lipinski definition) is 2. The van der Waals surface area contributed by atoms with Crippen LogP contribution >= 0.6 is 0 Å². The quantitative estimate of drug-likeness (QED) is 0.688. The second kappa shape index (κ2) is 4.87. The zero-order valence-corrected chi connectivity index (χ0v) is 8.65. The van der Waals surface area contributed by atoms with Crippen LogP contribution in [0.25, 0.3) is 0 Å². The Morgan fingerprint density at radius 3 is 2.62 bits per heavy atom. The maximum absolute atomic E-state index is 3.39. The zero-order valence-electron chi connectivity index (χ0n) is 8.65. The van der Waals surface area contributed by atoms with E-state index in [4.69, 9.17) is 0 Å². The van der Waals surface area contributed by atoms with Gasteiger partial charge in [-0.15, -0.1) is 0 Å². The van der Waals surface area contributed by atoms with Crippen molar-refractivity contribution in [2.24, 2.45) is 0 Å². The van der Waals surface area contributed by atoms with Gasteiger partial charge in [0.05, 0.1) is 0 Å². The number of hydrogen-bond acceptors (Lipinski definition) is 2. The van der Waals surface area contributed by atoms with Gasteiger partial charge in [-0.1, -0.05) is 12.1 Å². The minimum atomic E-state index is 0.973. The normalized spacial score (nSPS) is 10.1. The third-order valence-corrected chi connectivity index (χ3v) is 2.30. The molecule has 1 rings (SSSR count). The van der Waals surface area contributed by atoms with Crippen LogP contribution in [0, 0.1) is 13.8 Å². The molecule has 0 spiro atoms. The number of aryl methyl sites for hydroxylation is 1. The van der Waals surface area contributed by atoms with E-state index in [1.165, 1.54) is 16.8 Å². The molecule has 0 heterocycles. The topological polar surface area (TPSA) is 24.1 Å². The molecule has 1 aromatic rings. The lowest BCUT2D eigenvalue weighted by molar-refractivity contribution is 0.823. The van der Waals surface area contributed by atoms with Crippen molar-refractivity contribution < 1.29 is 0 Å². The summed E-state index contributed by atoms with van der Waals surface area (Å²) in [6.07, 6.45) is 0. The molecule has 2 heteroatoms. The van der Waals surface area contributed by atoms with Gasteiger partial charge in [0.25, 0.3) is 0 Å². The third kappa shape index (κ3) is 2.74. The predicted molar refractivity (Wildman–Crippen MR) is 58.3 cm³/mol. The molecule has 0 fully saturated rings. The molecule has 0 atom stereocenters. The maximum Gasteiger partial charge on any atom is 0.0372 e. The first kappa shape index (κ1) is 10.1. The summed E-state index contributed by atoms with van der Waals surface area (Å²) < 4.78 is 0. The standard InChI is InChI=1S/C11H18N2/c1-9-5-4-6-11(10(9)2)13-8-7-12-3/h4-6,12-13H,7-8H2,1-3H3. The molecule has 0 saturated heterocycles. The first-order valence-corrected chi connectivity index (χ1v) is 4.70. The van der Waals surface area contributed by atoms with Crippen LogP contribution in [0.5, 0.6) is 0 Å². The van der Waals surface area contributed by atoms with Crippen molar-refractivity contribution in [2.75, 3.05) is 25.5 Å². The number of benzene rings is 1. The molecule has 0 radical (unpaired) electrons. The zero-order chi connectivity index (χ0) is 9.68. The Morgan fingerprint density at radius 2 is 1.92 bits per heavy atom.